The first-order valence-corrected chi connectivity index (χ1v) is 7.51. The summed E-state index contributed by atoms with van der Waals surface area (Å²) in [6.45, 7) is 3.45. The fraction of sp³-hybridized carbons (Fsp3) is 0.200. The van der Waals surface area contributed by atoms with Crippen LogP contribution in [0, 0.1) is 6.92 Å². The van der Waals surface area contributed by atoms with E-state index >= 15 is 0 Å². The lowest BCUT2D eigenvalue weighted by Gasteiger charge is -2.03. The molecule has 0 aliphatic heterocycles. The number of carbonyl (C=O) groups excluding carboxylic acids is 1. The number of hydrogen-bond acceptors (Lipinski definition) is 9. The molecule has 0 aliphatic rings. The zero-order valence-corrected chi connectivity index (χ0v) is 14.3. The molecule has 2 aromatic heterocycles. The molecule has 3 rings (SSSR count). The fourth-order valence-electron chi connectivity index (χ4n) is 2.20. The number of nitrogens with zero attached hydrogens (tertiary/aromatic N) is 6. The molecule has 0 fully saturated rings. The average molecular weight is 356 g/mol. The van der Waals surface area contributed by atoms with Crippen molar-refractivity contribution in [3.05, 3.63) is 41.2 Å². The number of methoxy groups -OCH3 is 1. The molecule has 0 unspecified atom stereocenters. The van der Waals surface area contributed by atoms with Crippen LogP contribution < -0.4 is 15.9 Å². The minimum absolute atomic E-state index is 0.0898. The quantitative estimate of drug-likeness (QED) is 0.502. The fourth-order valence-corrected chi connectivity index (χ4v) is 2.20. The van der Waals surface area contributed by atoms with Gasteiger partial charge in [-0.15, -0.1) is 5.10 Å². The Morgan fingerprint density at radius 2 is 2.04 bits per heavy atom. The molecule has 11 heteroatoms. The summed E-state index contributed by atoms with van der Waals surface area (Å²) in [4.78, 5) is 12.2. The predicted octanol–water partition coefficient (Wildman–Crippen LogP) is 0.704. The number of nitrogens with one attached hydrogen (secondary N) is 1. The van der Waals surface area contributed by atoms with Gasteiger partial charge in [-0.25, -0.2) is 10.1 Å². The van der Waals surface area contributed by atoms with E-state index in [1.54, 1.807) is 45.2 Å². The first-order chi connectivity index (χ1) is 12.5. The molecule has 3 aromatic rings. The molecule has 2 heterocycles. The molecule has 0 saturated heterocycles. The zero-order valence-electron chi connectivity index (χ0n) is 14.3. The van der Waals surface area contributed by atoms with E-state index in [2.05, 4.69) is 35.8 Å². The van der Waals surface area contributed by atoms with Gasteiger partial charge in [-0.1, -0.05) is 5.21 Å². The molecule has 0 aliphatic carbocycles. The van der Waals surface area contributed by atoms with Gasteiger partial charge in [0.15, 0.2) is 0 Å². The van der Waals surface area contributed by atoms with Gasteiger partial charge in [0.1, 0.15) is 11.4 Å². The molecule has 26 heavy (non-hydrogen) atoms. The summed E-state index contributed by atoms with van der Waals surface area (Å²) in [5.41, 5.74) is 10.1. The normalized spacial score (nSPS) is 11.4. The lowest BCUT2D eigenvalue weighted by Crippen LogP contribution is -2.19. The maximum Gasteiger partial charge on any atom is 0.271 e. The lowest BCUT2D eigenvalue weighted by molar-refractivity contribution is 0.0955. The lowest BCUT2D eigenvalue weighted by atomic mass is 10.2. The maximum atomic E-state index is 12.2. The highest BCUT2D eigenvalue weighted by atomic mass is 16.6. The van der Waals surface area contributed by atoms with Gasteiger partial charge in [-0.2, -0.15) is 9.78 Å². The third-order valence-electron chi connectivity index (χ3n) is 3.61. The van der Waals surface area contributed by atoms with Gasteiger partial charge in [0.05, 0.1) is 18.5 Å². The molecule has 0 spiro atoms. The number of carbonyl (C=O) groups is 1. The van der Waals surface area contributed by atoms with Gasteiger partial charge in [0, 0.05) is 5.56 Å². The number of nitrogen functional groups attached to an aromatic ring is 1. The minimum atomic E-state index is -0.359. The Balaban J connectivity index is 1.76. The van der Waals surface area contributed by atoms with Crippen LogP contribution in [0.25, 0.3) is 5.82 Å². The van der Waals surface area contributed by atoms with Gasteiger partial charge < -0.3 is 10.5 Å². The molecule has 0 bridgehead atoms. The van der Waals surface area contributed by atoms with E-state index in [-0.39, 0.29) is 17.5 Å². The molecule has 0 saturated carbocycles. The second-order valence-electron chi connectivity index (χ2n) is 5.27. The number of aromatic nitrogens is 5. The number of rotatable bonds is 5. The second-order valence-corrected chi connectivity index (χ2v) is 5.27. The summed E-state index contributed by atoms with van der Waals surface area (Å²) in [6, 6.07) is 6.66. The molecule has 11 nitrogen and oxygen atoms in total. The van der Waals surface area contributed by atoms with Crippen molar-refractivity contribution in [1.82, 2.24) is 30.7 Å². The van der Waals surface area contributed by atoms with Crippen molar-refractivity contribution < 1.29 is 14.2 Å². The monoisotopic (exact) mass is 356 g/mol. The Kier molecular flexibility index (Phi) is 4.60. The van der Waals surface area contributed by atoms with Crippen LogP contribution >= 0.6 is 0 Å². The summed E-state index contributed by atoms with van der Waals surface area (Å²) in [7, 11) is 1.56. The van der Waals surface area contributed by atoms with Crippen LogP contribution in [0.3, 0.4) is 0 Å². The van der Waals surface area contributed by atoms with E-state index in [0.29, 0.717) is 28.4 Å². The van der Waals surface area contributed by atoms with Gasteiger partial charge in [0.25, 0.3) is 5.91 Å². The Morgan fingerprint density at radius 1 is 1.31 bits per heavy atom. The largest absolute Gasteiger partial charge is 0.497 e. The highest BCUT2D eigenvalue weighted by molar-refractivity contribution is 6.00. The van der Waals surface area contributed by atoms with Gasteiger partial charge in [-0.05, 0) is 48.4 Å². The topological polar surface area (TPSA) is 146 Å². The smallest absolute Gasteiger partial charge is 0.271 e. The Hall–Kier alpha value is -3.76. The van der Waals surface area contributed by atoms with E-state index in [4.69, 9.17) is 10.5 Å². The Labute approximate surface area is 147 Å². The second kappa shape index (κ2) is 7.01. The first-order valence-electron chi connectivity index (χ1n) is 7.51. The van der Waals surface area contributed by atoms with E-state index in [1.165, 1.54) is 4.68 Å². The van der Waals surface area contributed by atoms with Crippen LogP contribution in [0.4, 0.5) is 5.82 Å². The van der Waals surface area contributed by atoms with E-state index in [0.717, 1.165) is 0 Å². The highest BCUT2D eigenvalue weighted by Crippen LogP contribution is 2.15. The third-order valence-corrected chi connectivity index (χ3v) is 3.61. The molecule has 3 N–H and O–H groups in total. The number of hydrazone groups is 1. The van der Waals surface area contributed by atoms with Crippen LogP contribution in [0.2, 0.25) is 0 Å². The summed E-state index contributed by atoms with van der Waals surface area (Å²) < 4.78 is 11.0. The van der Waals surface area contributed by atoms with Crippen LogP contribution in [0.1, 0.15) is 28.7 Å². The Bertz CT molecular complexity index is 958. The summed E-state index contributed by atoms with van der Waals surface area (Å²) >= 11 is 0. The van der Waals surface area contributed by atoms with Gasteiger partial charge >= 0.3 is 0 Å². The minimum Gasteiger partial charge on any atom is -0.497 e. The van der Waals surface area contributed by atoms with Crippen molar-refractivity contribution in [2.75, 3.05) is 12.8 Å². The number of benzene rings is 1. The van der Waals surface area contributed by atoms with Crippen molar-refractivity contribution in [2.24, 2.45) is 5.10 Å². The molecule has 134 valence electrons. The number of nitrogens with two attached hydrogens (primary N) is 1. The third kappa shape index (κ3) is 3.22. The summed E-state index contributed by atoms with van der Waals surface area (Å²) in [5.74, 6) is 0.625. The molecule has 1 aromatic carbocycles. The van der Waals surface area contributed by atoms with Crippen LogP contribution in [0.5, 0.6) is 5.75 Å². The van der Waals surface area contributed by atoms with Crippen LogP contribution in [-0.4, -0.2) is 44.0 Å². The van der Waals surface area contributed by atoms with Gasteiger partial charge in [0.2, 0.25) is 11.6 Å². The average Bonchev–Trinajstić information content (AvgIpc) is 3.24. The maximum absolute atomic E-state index is 12.2. The van der Waals surface area contributed by atoms with E-state index in [9.17, 15) is 4.79 Å². The van der Waals surface area contributed by atoms with E-state index in [1.807, 2.05) is 0 Å². The molecule has 0 radical (unpaired) electrons. The highest BCUT2D eigenvalue weighted by Gasteiger charge is 2.18. The van der Waals surface area contributed by atoms with Crippen molar-refractivity contribution in [3.8, 4) is 11.6 Å². The van der Waals surface area contributed by atoms with Crippen molar-refractivity contribution in [2.45, 2.75) is 13.8 Å². The SMILES string of the molecule is COc1ccc(C(=O)N/N=C(/C)c2nnn(-c3nonc3N)c2C)cc1. The molecule has 0 atom stereocenters. The molecule has 1 amide bonds. The van der Waals surface area contributed by atoms with Crippen LogP contribution in [0.15, 0.2) is 34.0 Å². The standard InChI is InChI=1S/C15H16N8O3/c1-8(17-19-15(24)10-4-6-11(25-3)7-5-10)12-9(2)23(22-18-12)14-13(16)20-26-21-14/h4-7H,1-3H3,(H2,16,20)(H,19,24)/b17-8-. The first kappa shape index (κ1) is 17.1. The summed E-state index contributed by atoms with van der Waals surface area (Å²) in [6.07, 6.45) is 0. The molecular weight excluding hydrogens is 340 g/mol. The predicted molar refractivity (Wildman–Crippen MR) is 91.0 cm³/mol. The Morgan fingerprint density at radius 3 is 2.65 bits per heavy atom. The van der Waals surface area contributed by atoms with Crippen molar-refractivity contribution in [3.63, 3.8) is 0 Å². The number of amides is 1. The number of hydrogen-bond donors (Lipinski definition) is 2. The molecular formula is C15H16N8O3. The van der Waals surface area contributed by atoms with Crippen molar-refractivity contribution >= 4 is 17.4 Å². The van der Waals surface area contributed by atoms with E-state index < -0.39 is 0 Å². The van der Waals surface area contributed by atoms with Crippen LogP contribution in [-0.2, 0) is 0 Å². The number of ether oxygens (including phenoxy) is 1. The zero-order chi connectivity index (χ0) is 18.7. The van der Waals surface area contributed by atoms with Crippen molar-refractivity contribution in [1.29, 1.82) is 0 Å². The summed E-state index contributed by atoms with van der Waals surface area (Å²) in [5, 5.41) is 19.2. The van der Waals surface area contributed by atoms with Gasteiger partial charge in [-0.3, -0.25) is 4.79 Å². The number of anilines is 1.